The predicted molar refractivity (Wildman–Crippen MR) is 71.1 cm³/mol. The Balaban J connectivity index is 2.50. The van der Waals surface area contributed by atoms with E-state index in [1.54, 1.807) is 6.92 Å². The molecule has 5 heteroatoms. The second-order valence-corrected chi connectivity index (χ2v) is 6.36. The maximum Gasteiger partial charge on any atom is 0.348 e. The van der Waals surface area contributed by atoms with Crippen LogP contribution >= 0.6 is 11.3 Å². The molecule has 1 aliphatic carbocycles. The largest absolute Gasteiger partial charge is 0.462 e. The van der Waals surface area contributed by atoms with Crippen LogP contribution in [0.5, 0.6) is 0 Å². The number of rotatable bonds is 2. The molecule has 0 fully saturated rings. The molecule has 1 aromatic rings. The number of fused-ring (bicyclic) bond motifs is 1. The summed E-state index contributed by atoms with van der Waals surface area (Å²) in [5.74, 6) is -0.341. The van der Waals surface area contributed by atoms with Gasteiger partial charge in [-0.3, -0.25) is 4.79 Å². The SMILES string of the molecule is CCOC(=O)c1sc(N)c2c1CC(C)(C)CC2=O. The van der Waals surface area contributed by atoms with Crippen LogP contribution in [0.1, 0.15) is 52.8 Å². The van der Waals surface area contributed by atoms with Gasteiger partial charge in [-0.15, -0.1) is 11.3 Å². The summed E-state index contributed by atoms with van der Waals surface area (Å²) in [7, 11) is 0. The molecule has 1 heterocycles. The zero-order valence-corrected chi connectivity index (χ0v) is 11.6. The summed E-state index contributed by atoms with van der Waals surface area (Å²) < 4.78 is 5.02. The average Bonchev–Trinajstić information content (AvgIpc) is 2.54. The first-order valence-corrected chi connectivity index (χ1v) is 6.79. The molecule has 1 aromatic heterocycles. The normalized spacial score (nSPS) is 17.4. The van der Waals surface area contributed by atoms with Crippen LogP contribution in [-0.2, 0) is 11.2 Å². The van der Waals surface area contributed by atoms with Gasteiger partial charge in [0, 0.05) is 6.42 Å². The van der Waals surface area contributed by atoms with Crippen LogP contribution in [0.3, 0.4) is 0 Å². The number of thiophene rings is 1. The van der Waals surface area contributed by atoms with Crippen molar-refractivity contribution in [3.63, 3.8) is 0 Å². The summed E-state index contributed by atoms with van der Waals surface area (Å²) in [6, 6.07) is 0. The predicted octanol–water partition coefficient (Wildman–Crippen LogP) is 2.66. The van der Waals surface area contributed by atoms with Crippen LogP contribution in [0.25, 0.3) is 0 Å². The molecule has 18 heavy (non-hydrogen) atoms. The van der Waals surface area contributed by atoms with Gasteiger partial charge in [-0.05, 0) is 24.3 Å². The number of hydrogen-bond acceptors (Lipinski definition) is 5. The van der Waals surface area contributed by atoms with Crippen molar-refractivity contribution in [2.75, 3.05) is 12.3 Å². The van der Waals surface area contributed by atoms with E-state index in [1.165, 1.54) is 11.3 Å². The van der Waals surface area contributed by atoms with E-state index in [0.29, 0.717) is 34.9 Å². The smallest absolute Gasteiger partial charge is 0.348 e. The molecule has 0 atom stereocenters. The number of Topliss-reactive ketones (excluding diaryl/α,β-unsaturated/α-hetero) is 1. The summed E-state index contributed by atoms with van der Waals surface area (Å²) in [4.78, 5) is 24.5. The van der Waals surface area contributed by atoms with E-state index >= 15 is 0 Å². The molecule has 98 valence electrons. The van der Waals surface area contributed by atoms with E-state index in [-0.39, 0.29) is 17.2 Å². The fourth-order valence-corrected chi connectivity index (χ4v) is 3.38. The molecule has 2 N–H and O–H groups in total. The number of anilines is 1. The van der Waals surface area contributed by atoms with Crippen LogP contribution in [0, 0.1) is 5.41 Å². The van der Waals surface area contributed by atoms with Crippen LogP contribution < -0.4 is 5.73 Å². The van der Waals surface area contributed by atoms with Gasteiger partial charge in [-0.25, -0.2) is 4.79 Å². The Hall–Kier alpha value is -1.36. The Morgan fingerprint density at radius 1 is 1.44 bits per heavy atom. The quantitative estimate of drug-likeness (QED) is 0.836. The van der Waals surface area contributed by atoms with Crippen LogP contribution in [-0.4, -0.2) is 18.4 Å². The number of hydrogen-bond donors (Lipinski definition) is 1. The molecule has 0 radical (unpaired) electrons. The fraction of sp³-hybridized carbons (Fsp3) is 0.538. The lowest BCUT2D eigenvalue weighted by molar-refractivity contribution is 0.0530. The molecule has 4 nitrogen and oxygen atoms in total. The van der Waals surface area contributed by atoms with Gasteiger partial charge in [-0.2, -0.15) is 0 Å². The molecule has 2 rings (SSSR count). The number of carbonyl (C=O) groups excluding carboxylic acids is 2. The van der Waals surface area contributed by atoms with Gasteiger partial charge in [0.05, 0.1) is 17.2 Å². The second-order valence-electron chi connectivity index (χ2n) is 5.31. The van der Waals surface area contributed by atoms with Crippen molar-refractivity contribution in [1.29, 1.82) is 0 Å². The Labute approximate surface area is 110 Å². The molecule has 1 aliphatic rings. The lowest BCUT2D eigenvalue weighted by Crippen LogP contribution is -2.27. The first kappa shape index (κ1) is 13.1. The zero-order valence-electron chi connectivity index (χ0n) is 10.8. The van der Waals surface area contributed by atoms with Crippen molar-refractivity contribution in [2.45, 2.75) is 33.6 Å². The number of nitrogens with two attached hydrogens (primary N) is 1. The third-order valence-electron chi connectivity index (χ3n) is 3.07. The minimum Gasteiger partial charge on any atom is -0.462 e. The maximum atomic E-state index is 12.1. The van der Waals surface area contributed by atoms with E-state index in [2.05, 4.69) is 0 Å². The van der Waals surface area contributed by atoms with Crippen molar-refractivity contribution in [2.24, 2.45) is 5.41 Å². The molecule has 0 spiro atoms. The highest BCUT2D eigenvalue weighted by atomic mass is 32.1. The number of nitrogen functional groups attached to an aromatic ring is 1. The van der Waals surface area contributed by atoms with Gasteiger partial charge in [0.2, 0.25) is 0 Å². The minimum absolute atomic E-state index is 0.0329. The van der Waals surface area contributed by atoms with Gasteiger partial charge in [-0.1, -0.05) is 13.8 Å². The van der Waals surface area contributed by atoms with E-state index in [0.717, 1.165) is 5.56 Å². The van der Waals surface area contributed by atoms with Gasteiger partial charge in [0.15, 0.2) is 5.78 Å². The fourth-order valence-electron chi connectivity index (χ4n) is 2.38. The molecular weight excluding hydrogens is 250 g/mol. The average molecular weight is 267 g/mol. The Morgan fingerprint density at radius 2 is 2.11 bits per heavy atom. The van der Waals surface area contributed by atoms with Crippen molar-refractivity contribution in [3.05, 3.63) is 16.0 Å². The number of ether oxygens (including phenoxy) is 1. The highest BCUT2D eigenvalue weighted by Crippen LogP contribution is 2.42. The van der Waals surface area contributed by atoms with Crippen molar-refractivity contribution in [1.82, 2.24) is 0 Å². The summed E-state index contributed by atoms with van der Waals surface area (Å²) in [5, 5.41) is 0.438. The lowest BCUT2D eigenvalue weighted by atomic mass is 9.74. The zero-order chi connectivity index (χ0) is 13.5. The highest BCUT2D eigenvalue weighted by molar-refractivity contribution is 7.18. The second kappa shape index (κ2) is 4.39. The lowest BCUT2D eigenvalue weighted by Gasteiger charge is -2.29. The molecule has 0 bridgehead atoms. The Kier molecular flexibility index (Phi) is 3.19. The van der Waals surface area contributed by atoms with E-state index in [4.69, 9.17) is 10.5 Å². The summed E-state index contributed by atoms with van der Waals surface area (Å²) in [6.45, 7) is 6.13. The number of carbonyl (C=O) groups is 2. The van der Waals surface area contributed by atoms with Crippen LogP contribution in [0.2, 0.25) is 0 Å². The number of ketones is 1. The monoisotopic (exact) mass is 267 g/mol. The summed E-state index contributed by atoms with van der Waals surface area (Å²) in [6.07, 6.45) is 1.17. The van der Waals surface area contributed by atoms with E-state index in [1.807, 2.05) is 13.8 Å². The van der Waals surface area contributed by atoms with Crippen LogP contribution in [0.15, 0.2) is 0 Å². The van der Waals surface area contributed by atoms with Gasteiger partial charge in [0.1, 0.15) is 4.88 Å². The Bertz CT molecular complexity index is 517. The maximum absolute atomic E-state index is 12.1. The molecular formula is C13H17NO3S. The summed E-state index contributed by atoms with van der Waals surface area (Å²) in [5.41, 5.74) is 7.06. The van der Waals surface area contributed by atoms with Crippen LogP contribution in [0.4, 0.5) is 5.00 Å². The Morgan fingerprint density at radius 3 is 2.72 bits per heavy atom. The van der Waals surface area contributed by atoms with E-state index < -0.39 is 0 Å². The standard InChI is InChI=1S/C13H17NO3S/c1-4-17-12(16)10-7-5-13(2,3)6-8(15)9(7)11(14)18-10/h4-6,14H2,1-3H3. The molecule has 0 unspecified atom stereocenters. The first-order valence-electron chi connectivity index (χ1n) is 5.97. The summed E-state index contributed by atoms with van der Waals surface area (Å²) >= 11 is 1.17. The molecule has 0 aliphatic heterocycles. The third-order valence-corrected chi connectivity index (χ3v) is 4.11. The van der Waals surface area contributed by atoms with Crippen molar-refractivity contribution in [3.8, 4) is 0 Å². The molecule has 0 amide bonds. The van der Waals surface area contributed by atoms with Gasteiger partial charge < -0.3 is 10.5 Å². The topological polar surface area (TPSA) is 69.4 Å². The molecule has 0 saturated heterocycles. The molecule has 0 saturated carbocycles. The third kappa shape index (κ3) is 2.14. The highest BCUT2D eigenvalue weighted by Gasteiger charge is 2.37. The number of esters is 1. The minimum atomic E-state index is -0.374. The van der Waals surface area contributed by atoms with Crippen molar-refractivity contribution < 1.29 is 14.3 Å². The van der Waals surface area contributed by atoms with E-state index in [9.17, 15) is 9.59 Å². The van der Waals surface area contributed by atoms with Gasteiger partial charge >= 0.3 is 5.97 Å². The first-order chi connectivity index (χ1) is 8.35. The van der Waals surface area contributed by atoms with Crippen molar-refractivity contribution >= 4 is 28.1 Å². The molecule has 0 aromatic carbocycles. The van der Waals surface area contributed by atoms with Gasteiger partial charge in [0.25, 0.3) is 0 Å².